The number of nitriles is 1. The summed E-state index contributed by atoms with van der Waals surface area (Å²) < 4.78 is 5.39. The molecule has 5 heteroatoms. The van der Waals surface area contributed by atoms with Crippen molar-refractivity contribution >= 4 is 23.3 Å². The topological polar surface area (TPSA) is 53.3 Å². The number of nitrogens with zero attached hydrogens (tertiary/aromatic N) is 2. The standard InChI is InChI=1S/C18H21ClN2O2/c1-18(2,3)23-17(22)21-10-8-14(9-11-21)16(12-20)13-4-6-15(19)7-5-13/h4-7H,8-11H2,1-3H3. The Morgan fingerprint density at radius 1 is 1.22 bits per heavy atom. The average Bonchev–Trinajstić information content (AvgIpc) is 2.49. The molecule has 0 aromatic heterocycles. The van der Waals surface area contributed by atoms with Gasteiger partial charge in [0, 0.05) is 18.1 Å². The van der Waals surface area contributed by atoms with E-state index in [0.29, 0.717) is 36.5 Å². The second-order valence-corrected chi connectivity index (χ2v) is 7.00. The van der Waals surface area contributed by atoms with Gasteiger partial charge < -0.3 is 9.64 Å². The summed E-state index contributed by atoms with van der Waals surface area (Å²) in [6, 6.07) is 9.57. The third-order valence-corrected chi connectivity index (χ3v) is 3.87. The van der Waals surface area contributed by atoms with E-state index in [1.165, 1.54) is 0 Å². The molecule has 0 radical (unpaired) electrons. The smallest absolute Gasteiger partial charge is 0.410 e. The first-order valence-electron chi connectivity index (χ1n) is 7.66. The van der Waals surface area contributed by atoms with Crippen LogP contribution in [0.25, 0.3) is 5.57 Å². The fourth-order valence-corrected chi connectivity index (χ4v) is 2.63. The van der Waals surface area contributed by atoms with Crippen molar-refractivity contribution in [3.8, 4) is 6.07 Å². The molecule has 1 saturated heterocycles. The van der Waals surface area contributed by atoms with Crippen LogP contribution in [0.1, 0.15) is 39.2 Å². The second kappa shape index (κ2) is 7.06. The number of carbonyl (C=O) groups excluding carboxylic acids is 1. The van der Waals surface area contributed by atoms with Gasteiger partial charge in [0.2, 0.25) is 0 Å². The molecule has 1 aromatic rings. The molecule has 0 saturated carbocycles. The van der Waals surface area contributed by atoms with Crippen LogP contribution in [-0.2, 0) is 4.74 Å². The van der Waals surface area contributed by atoms with Crippen molar-refractivity contribution in [2.24, 2.45) is 0 Å². The number of hydrogen-bond donors (Lipinski definition) is 0. The van der Waals surface area contributed by atoms with E-state index >= 15 is 0 Å². The maximum Gasteiger partial charge on any atom is 0.410 e. The van der Waals surface area contributed by atoms with Gasteiger partial charge >= 0.3 is 6.09 Å². The number of benzene rings is 1. The molecule has 0 aliphatic carbocycles. The van der Waals surface area contributed by atoms with Crippen LogP contribution in [0.3, 0.4) is 0 Å². The largest absolute Gasteiger partial charge is 0.444 e. The van der Waals surface area contributed by atoms with Gasteiger partial charge in [0.05, 0.1) is 11.6 Å². The lowest BCUT2D eigenvalue weighted by molar-refractivity contribution is 0.0236. The first-order valence-corrected chi connectivity index (χ1v) is 8.04. The van der Waals surface area contributed by atoms with E-state index < -0.39 is 5.60 Å². The summed E-state index contributed by atoms with van der Waals surface area (Å²) in [4.78, 5) is 13.8. The minimum atomic E-state index is -0.492. The van der Waals surface area contributed by atoms with Crippen LogP contribution >= 0.6 is 11.6 Å². The Hall–Kier alpha value is -1.99. The van der Waals surface area contributed by atoms with Crippen LogP contribution in [-0.4, -0.2) is 29.7 Å². The Labute approximate surface area is 142 Å². The molecule has 4 nitrogen and oxygen atoms in total. The van der Waals surface area contributed by atoms with Crippen molar-refractivity contribution < 1.29 is 9.53 Å². The Morgan fingerprint density at radius 2 is 1.78 bits per heavy atom. The predicted octanol–water partition coefficient (Wildman–Crippen LogP) is 4.65. The molecule has 1 aromatic carbocycles. The van der Waals surface area contributed by atoms with Crippen molar-refractivity contribution in [1.82, 2.24) is 4.90 Å². The number of halogens is 1. The molecule has 1 aliphatic rings. The van der Waals surface area contributed by atoms with Gasteiger partial charge in [-0.3, -0.25) is 0 Å². The fraction of sp³-hybridized carbons (Fsp3) is 0.444. The first-order chi connectivity index (χ1) is 10.8. The lowest BCUT2D eigenvalue weighted by Gasteiger charge is -2.31. The van der Waals surface area contributed by atoms with Crippen molar-refractivity contribution in [3.05, 3.63) is 40.4 Å². The van der Waals surface area contributed by atoms with Gasteiger partial charge in [-0.15, -0.1) is 0 Å². The van der Waals surface area contributed by atoms with Gasteiger partial charge in [-0.05, 0) is 56.9 Å². The predicted molar refractivity (Wildman–Crippen MR) is 91.0 cm³/mol. The van der Waals surface area contributed by atoms with E-state index in [0.717, 1.165) is 11.1 Å². The molecule has 0 spiro atoms. The number of hydrogen-bond acceptors (Lipinski definition) is 3. The van der Waals surface area contributed by atoms with Crippen LogP contribution in [0.5, 0.6) is 0 Å². The van der Waals surface area contributed by atoms with Crippen LogP contribution < -0.4 is 0 Å². The summed E-state index contributed by atoms with van der Waals surface area (Å²) in [7, 11) is 0. The third-order valence-electron chi connectivity index (χ3n) is 3.62. The molecule has 0 atom stereocenters. The lowest BCUT2D eigenvalue weighted by atomic mass is 9.94. The third kappa shape index (κ3) is 4.74. The van der Waals surface area contributed by atoms with Crippen molar-refractivity contribution in [2.45, 2.75) is 39.2 Å². The molecular formula is C18H21ClN2O2. The van der Waals surface area contributed by atoms with Gasteiger partial charge in [-0.25, -0.2) is 4.79 Å². The van der Waals surface area contributed by atoms with Crippen molar-refractivity contribution in [2.75, 3.05) is 13.1 Å². The number of amides is 1. The highest BCUT2D eigenvalue weighted by Crippen LogP contribution is 2.27. The minimum absolute atomic E-state index is 0.290. The van der Waals surface area contributed by atoms with Crippen LogP contribution in [0.2, 0.25) is 5.02 Å². The number of piperidine rings is 1. The molecule has 2 rings (SSSR count). The zero-order valence-corrected chi connectivity index (χ0v) is 14.5. The Kier molecular flexibility index (Phi) is 5.33. The Balaban J connectivity index is 2.08. The second-order valence-electron chi connectivity index (χ2n) is 6.56. The van der Waals surface area contributed by atoms with Crippen molar-refractivity contribution in [1.29, 1.82) is 5.26 Å². The van der Waals surface area contributed by atoms with Gasteiger partial charge in [0.15, 0.2) is 0 Å². The number of carbonyl (C=O) groups is 1. The van der Waals surface area contributed by atoms with Gasteiger partial charge in [-0.2, -0.15) is 5.26 Å². The number of ether oxygens (including phenoxy) is 1. The molecule has 0 unspecified atom stereocenters. The summed E-state index contributed by atoms with van der Waals surface area (Å²) in [6.07, 6.45) is 1.08. The Bertz CT molecular complexity index is 641. The molecule has 1 aliphatic heterocycles. The maximum atomic E-state index is 12.1. The summed E-state index contributed by atoms with van der Waals surface area (Å²) in [5.74, 6) is 0. The quantitative estimate of drug-likeness (QED) is 0.703. The average molecular weight is 333 g/mol. The van der Waals surface area contributed by atoms with E-state index in [2.05, 4.69) is 6.07 Å². The SMILES string of the molecule is CC(C)(C)OC(=O)N1CCC(=C(C#N)c2ccc(Cl)cc2)CC1. The van der Waals surface area contributed by atoms with Crippen LogP contribution in [0.4, 0.5) is 4.79 Å². The molecule has 122 valence electrons. The number of rotatable bonds is 1. The first kappa shape index (κ1) is 17.4. The van der Waals surface area contributed by atoms with Crippen LogP contribution in [0.15, 0.2) is 29.8 Å². The molecule has 1 heterocycles. The van der Waals surface area contributed by atoms with Gasteiger partial charge in [0.1, 0.15) is 5.60 Å². The maximum absolute atomic E-state index is 12.1. The molecule has 0 bridgehead atoms. The monoisotopic (exact) mass is 332 g/mol. The highest BCUT2D eigenvalue weighted by molar-refractivity contribution is 6.30. The van der Waals surface area contributed by atoms with E-state index in [-0.39, 0.29) is 6.09 Å². The molecular weight excluding hydrogens is 312 g/mol. The summed E-state index contributed by atoms with van der Waals surface area (Å²) in [6.45, 7) is 6.71. The fourth-order valence-electron chi connectivity index (χ4n) is 2.50. The molecule has 1 fully saturated rings. The molecule has 0 N–H and O–H groups in total. The zero-order valence-electron chi connectivity index (χ0n) is 13.7. The van der Waals surface area contributed by atoms with E-state index in [9.17, 15) is 10.1 Å². The normalized spacial score (nSPS) is 15.1. The highest BCUT2D eigenvalue weighted by atomic mass is 35.5. The highest BCUT2D eigenvalue weighted by Gasteiger charge is 2.25. The Morgan fingerprint density at radius 3 is 2.26 bits per heavy atom. The minimum Gasteiger partial charge on any atom is -0.444 e. The lowest BCUT2D eigenvalue weighted by Crippen LogP contribution is -2.40. The number of allylic oxidation sites excluding steroid dienone is 1. The zero-order chi connectivity index (χ0) is 17.0. The van der Waals surface area contributed by atoms with Crippen molar-refractivity contribution in [3.63, 3.8) is 0 Å². The molecule has 23 heavy (non-hydrogen) atoms. The summed E-state index contributed by atoms with van der Waals surface area (Å²) >= 11 is 5.89. The van der Waals surface area contributed by atoms with Gasteiger partial charge in [0.25, 0.3) is 0 Å². The summed E-state index contributed by atoms with van der Waals surface area (Å²) in [5.41, 5.74) is 2.15. The van der Waals surface area contributed by atoms with Gasteiger partial charge in [-0.1, -0.05) is 23.7 Å². The van der Waals surface area contributed by atoms with E-state index in [1.54, 1.807) is 17.0 Å². The van der Waals surface area contributed by atoms with Crippen LogP contribution in [0, 0.1) is 11.3 Å². The number of likely N-dealkylation sites (tertiary alicyclic amines) is 1. The summed E-state index contributed by atoms with van der Waals surface area (Å²) in [5, 5.41) is 10.1. The van der Waals surface area contributed by atoms with E-state index in [4.69, 9.17) is 16.3 Å². The molecule has 1 amide bonds. The van der Waals surface area contributed by atoms with E-state index in [1.807, 2.05) is 32.9 Å².